The van der Waals surface area contributed by atoms with E-state index in [4.69, 9.17) is 13.9 Å². The Morgan fingerprint density at radius 1 is 1.13 bits per heavy atom. The minimum atomic E-state index is -2.19. The summed E-state index contributed by atoms with van der Waals surface area (Å²) in [5.74, 6) is 0.272. The molecule has 1 aliphatic carbocycles. The van der Waals surface area contributed by atoms with Crippen LogP contribution in [0.1, 0.15) is 73.6 Å². The molecule has 0 unspecified atom stereocenters. The van der Waals surface area contributed by atoms with Crippen molar-refractivity contribution < 1.29 is 23.5 Å². The molecule has 0 aromatic carbocycles. The van der Waals surface area contributed by atoms with Crippen LogP contribution < -0.4 is 0 Å². The molecule has 1 spiro atoms. The molecule has 1 saturated carbocycles. The lowest BCUT2D eigenvalue weighted by molar-refractivity contribution is -0.137. The first-order valence-corrected chi connectivity index (χ1v) is 14.3. The summed E-state index contributed by atoms with van der Waals surface area (Å²) in [6, 6.07) is -0.510. The summed E-state index contributed by atoms with van der Waals surface area (Å²) < 4.78 is 17.7. The summed E-state index contributed by atoms with van der Waals surface area (Å²) in [6.07, 6.45) is 6.13. The predicted molar refractivity (Wildman–Crippen MR) is 123 cm³/mol. The van der Waals surface area contributed by atoms with Gasteiger partial charge in [-0.25, -0.2) is 9.59 Å². The van der Waals surface area contributed by atoms with Gasteiger partial charge in [-0.05, 0) is 63.7 Å². The van der Waals surface area contributed by atoms with Gasteiger partial charge < -0.3 is 13.9 Å². The number of hydrogen-bond acceptors (Lipinski definition) is 5. The molecule has 6 nitrogen and oxygen atoms in total. The lowest BCUT2D eigenvalue weighted by Crippen LogP contribution is -2.59. The van der Waals surface area contributed by atoms with Crippen molar-refractivity contribution in [3.8, 4) is 0 Å². The second-order valence-corrected chi connectivity index (χ2v) is 16.3. The molecule has 1 fully saturated rings. The van der Waals surface area contributed by atoms with E-state index in [0.29, 0.717) is 17.8 Å². The SMILES string of the molecule is COC(=O)C1=C(O[Si](C)(C)C(C)(C)C)C[C@@]23CCCCC2=C[C@H]1N3C(=O)OC(C)(C)C. The first-order chi connectivity index (χ1) is 14.1. The smallest absolute Gasteiger partial charge is 0.411 e. The lowest BCUT2D eigenvalue weighted by Gasteiger charge is -2.50. The first-order valence-electron chi connectivity index (χ1n) is 11.4. The standard InChI is InChI=1S/C24H39NO5Si/c1-22(2,3)29-21(27)25-17-14-16-12-10-11-13-24(16,25)15-18(19(17)20(26)28-7)30-31(8,9)23(4,5)6/h14,17H,10-13,15H2,1-9H3/t17-,24+/m1/s1. The third-order valence-corrected chi connectivity index (χ3v) is 11.6. The minimum Gasteiger partial charge on any atom is -0.546 e. The molecule has 2 heterocycles. The van der Waals surface area contributed by atoms with Crippen molar-refractivity contribution in [1.82, 2.24) is 4.90 Å². The van der Waals surface area contributed by atoms with E-state index >= 15 is 0 Å². The van der Waals surface area contributed by atoms with Crippen molar-refractivity contribution in [2.45, 2.75) is 109 Å². The summed E-state index contributed by atoms with van der Waals surface area (Å²) in [7, 11) is -0.809. The van der Waals surface area contributed by atoms with Gasteiger partial charge in [-0.3, -0.25) is 4.90 Å². The number of amides is 1. The van der Waals surface area contributed by atoms with Crippen LogP contribution in [-0.4, -0.2) is 49.6 Å². The molecular formula is C24H39NO5Si. The van der Waals surface area contributed by atoms with Crippen LogP contribution in [0, 0.1) is 0 Å². The Kier molecular flexibility index (Phi) is 5.92. The van der Waals surface area contributed by atoms with Crippen molar-refractivity contribution in [2.24, 2.45) is 0 Å². The van der Waals surface area contributed by atoms with E-state index in [9.17, 15) is 9.59 Å². The average molecular weight is 450 g/mol. The van der Waals surface area contributed by atoms with E-state index in [1.807, 2.05) is 20.8 Å². The number of hydrogen-bond donors (Lipinski definition) is 0. The van der Waals surface area contributed by atoms with E-state index in [2.05, 4.69) is 39.9 Å². The molecule has 1 amide bonds. The highest BCUT2D eigenvalue weighted by molar-refractivity contribution is 6.74. The molecule has 2 atom stereocenters. The number of carbonyl (C=O) groups excluding carboxylic acids is 2. The van der Waals surface area contributed by atoms with E-state index in [1.54, 1.807) is 4.90 Å². The van der Waals surface area contributed by atoms with Gasteiger partial charge in [0.2, 0.25) is 8.32 Å². The molecule has 2 bridgehead atoms. The molecule has 174 valence electrons. The van der Waals surface area contributed by atoms with E-state index < -0.39 is 31.5 Å². The number of esters is 1. The average Bonchev–Trinajstić information content (AvgIpc) is 2.85. The molecule has 2 aliphatic heterocycles. The second-order valence-electron chi connectivity index (χ2n) is 11.6. The van der Waals surface area contributed by atoms with Gasteiger partial charge >= 0.3 is 12.1 Å². The first kappa shape index (κ1) is 23.9. The Morgan fingerprint density at radius 3 is 2.32 bits per heavy atom. The molecule has 3 rings (SSSR count). The fourth-order valence-electron chi connectivity index (χ4n) is 4.69. The molecule has 31 heavy (non-hydrogen) atoms. The molecule has 0 radical (unpaired) electrons. The van der Waals surface area contributed by atoms with Gasteiger partial charge in [0.25, 0.3) is 0 Å². The van der Waals surface area contributed by atoms with E-state index in [-0.39, 0.29) is 11.1 Å². The third kappa shape index (κ3) is 4.17. The Morgan fingerprint density at radius 2 is 1.77 bits per heavy atom. The lowest BCUT2D eigenvalue weighted by atomic mass is 9.74. The molecule has 3 aliphatic rings. The zero-order valence-electron chi connectivity index (χ0n) is 20.7. The fourth-order valence-corrected chi connectivity index (χ4v) is 5.80. The van der Waals surface area contributed by atoms with Crippen LogP contribution >= 0.6 is 0 Å². The molecule has 0 aromatic rings. The highest BCUT2D eigenvalue weighted by Crippen LogP contribution is 2.54. The second kappa shape index (κ2) is 7.68. The predicted octanol–water partition coefficient (Wildman–Crippen LogP) is 5.70. The van der Waals surface area contributed by atoms with Crippen molar-refractivity contribution in [3.05, 3.63) is 23.0 Å². The summed E-state index contributed by atoms with van der Waals surface area (Å²) in [5.41, 5.74) is 0.589. The topological polar surface area (TPSA) is 65.1 Å². The highest BCUT2D eigenvalue weighted by atomic mass is 28.4. The van der Waals surface area contributed by atoms with Gasteiger partial charge in [0.1, 0.15) is 5.60 Å². The van der Waals surface area contributed by atoms with Crippen molar-refractivity contribution in [1.29, 1.82) is 0 Å². The Balaban J connectivity index is 2.12. The van der Waals surface area contributed by atoms with Crippen LogP contribution in [0.25, 0.3) is 0 Å². The van der Waals surface area contributed by atoms with E-state index in [0.717, 1.165) is 25.7 Å². The maximum Gasteiger partial charge on any atom is 0.411 e. The van der Waals surface area contributed by atoms with Crippen molar-refractivity contribution in [2.75, 3.05) is 7.11 Å². The molecule has 7 heteroatoms. The van der Waals surface area contributed by atoms with Crippen LogP contribution in [0.5, 0.6) is 0 Å². The molecule has 0 aromatic heterocycles. The van der Waals surface area contributed by atoms with E-state index in [1.165, 1.54) is 12.7 Å². The number of fused-ring (bicyclic) bond motifs is 1. The number of rotatable bonds is 3. The largest absolute Gasteiger partial charge is 0.546 e. The monoisotopic (exact) mass is 449 g/mol. The molecule has 0 N–H and O–H groups in total. The minimum absolute atomic E-state index is 0.0108. The highest BCUT2D eigenvalue weighted by Gasteiger charge is 2.59. The normalized spacial score (nSPS) is 26.3. The van der Waals surface area contributed by atoms with Crippen LogP contribution in [0.15, 0.2) is 23.0 Å². The van der Waals surface area contributed by atoms with Crippen molar-refractivity contribution >= 4 is 20.4 Å². The number of nitrogens with zero attached hydrogens (tertiary/aromatic N) is 1. The fraction of sp³-hybridized carbons (Fsp3) is 0.750. The third-order valence-electron chi connectivity index (χ3n) is 7.21. The zero-order chi connectivity index (χ0) is 23.4. The Hall–Kier alpha value is -1.76. The van der Waals surface area contributed by atoms with Gasteiger partial charge in [0, 0.05) is 6.42 Å². The quantitative estimate of drug-likeness (QED) is 0.314. The van der Waals surface area contributed by atoms with Crippen LogP contribution in [-0.2, 0) is 18.7 Å². The van der Waals surface area contributed by atoms with Crippen LogP contribution in [0.4, 0.5) is 4.79 Å². The summed E-state index contributed by atoms with van der Waals surface area (Å²) >= 11 is 0. The van der Waals surface area contributed by atoms with Gasteiger partial charge in [0.15, 0.2) is 0 Å². The summed E-state index contributed by atoms with van der Waals surface area (Å²) in [5, 5.41) is -0.0108. The Bertz CT molecular complexity index is 830. The van der Waals surface area contributed by atoms with Crippen LogP contribution in [0.3, 0.4) is 0 Å². The maximum absolute atomic E-state index is 13.4. The number of methoxy groups -OCH3 is 1. The number of ether oxygens (including phenoxy) is 2. The molecule has 0 saturated heterocycles. The number of carbonyl (C=O) groups is 2. The van der Waals surface area contributed by atoms with Gasteiger partial charge in [-0.15, -0.1) is 0 Å². The zero-order valence-corrected chi connectivity index (χ0v) is 21.7. The summed E-state index contributed by atoms with van der Waals surface area (Å²) in [4.78, 5) is 28.2. The van der Waals surface area contributed by atoms with Gasteiger partial charge in [0.05, 0.1) is 30.0 Å². The Labute approximate surface area is 188 Å². The summed E-state index contributed by atoms with van der Waals surface area (Å²) in [6.45, 7) is 16.5. The molecular weight excluding hydrogens is 410 g/mol. The van der Waals surface area contributed by atoms with Gasteiger partial charge in [-0.2, -0.15) is 0 Å². The van der Waals surface area contributed by atoms with Gasteiger partial charge in [-0.1, -0.05) is 33.3 Å². The van der Waals surface area contributed by atoms with Crippen molar-refractivity contribution in [3.63, 3.8) is 0 Å². The maximum atomic E-state index is 13.4. The van der Waals surface area contributed by atoms with Crippen LogP contribution in [0.2, 0.25) is 18.1 Å².